The predicted octanol–water partition coefficient (Wildman–Crippen LogP) is 3.11. The lowest BCUT2D eigenvalue weighted by atomic mass is 9.83. The maximum absolute atomic E-state index is 13.8. The van der Waals surface area contributed by atoms with Crippen LogP contribution in [0.1, 0.15) is 36.9 Å². The predicted molar refractivity (Wildman–Crippen MR) is 156 cm³/mol. The van der Waals surface area contributed by atoms with E-state index in [1.54, 1.807) is 29.3 Å². The van der Waals surface area contributed by atoms with Crippen LogP contribution < -0.4 is 16.0 Å². The Morgan fingerprint density at radius 1 is 1.13 bits per heavy atom. The molecule has 0 radical (unpaired) electrons. The van der Waals surface area contributed by atoms with E-state index in [2.05, 4.69) is 4.90 Å². The number of rotatable bonds is 7. The summed E-state index contributed by atoms with van der Waals surface area (Å²) in [7, 11) is 0. The molecule has 0 aromatic carbocycles. The van der Waals surface area contributed by atoms with E-state index in [-0.39, 0.29) is 28.9 Å². The van der Waals surface area contributed by atoms with Crippen molar-refractivity contribution in [3.05, 3.63) is 79.5 Å². The molecule has 1 amide bonds. The summed E-state index contributed by atoms with van der Waals surface area (Å²) >= 11 is 6.72. The van der Waals surface area contributed by atoms with Gasteiger partial charge in [-0.2, -0.15) is 0 Å². The molecule has 0 unspecified atom stereocenters. The van der Waals surface area contributed by atoms with Crippen molar-refractivity contribution in [3.63, 3.8) is 0 Å². The van der Waals surface area contributed by atoms with Gasteiger partial charge in [-0.3, -0.25) is 23.7 Å². The van der Waals surface area contributed by atoms with Gasteiger partial charge in [0.05, 0.1) is 10.5 Å². The molecule has 0 saturated carbocycles. The molecule has 2 saturated heterocycles. The van der Waals surface area contributed by atoms with Crippen LogP contribution in [0.2, 0.25) is 0 Å². The van der Waals surface area contributed by atoms with Gasteiger partial charge in [-0.05, 0) is 50.0 Å². The monoisotopic (exact) mass is 563 g/mol. The highest BCUT2D eigenvalue weighted by Gasteiger charge is 2.37. The summed E-state index contributed by atoms with van der Waals surface area (Å²) in [6.45, 7) is 5.53. The van der Waals surface area contributed by atoms with Crippen molar-refractivity contribution in [1.29, 1.82) is 0 Å². The number of piperidine rings is 1. The zero-order valence-corrected chi connectivity index (χ0v) is 23.2. The van der Waals surface area contributed by atoms with Crippen molar-refractivity contribution in [2.24, 2.45) is 5.92 Å². The number of nitrogens with zero attached hydrogens (tertiary/aromatic N) is 5. The van der Waals surface area contributed by atoms with E-state index in [9.17, 15) is 14.4 Å². The first kappa shape index (κ1) is 26.0. The van der Waals surface area contributed by atoms with Crippen LogP contribution in [-0.2, 0) is 16.1 Å². The summed E-state index contributed by atoms with van der Waals surface area (Å²) in [4.78, 5) is 48.7. The average Bonchev–Trinajstić information content (AvgIpc) is 3.20. The van der Waals surface area contributed by atoms with E-state index < -0.39 is 0 Å². The van der Waals surface area contributed by atoms with Crippen molar-refractivity contribution in [2.45, 2.75) is 32.2 Å². The molecule has 3 aromatic heterocycles. The van der Waals surface area contributed by atoms with Gasteiger partial charge in [0.15, 0.2) is 0 Å². The maximum atomic E-state index is 13.8. The first-order valence-corrected chi connectivity index (χ1v) is 14.5. The van der Waals surface area contributed by atoms with Crippen molar-refractivity contribution in [2.75, 3.05) is 37.7 Å². The van der Waals surface area contributed by atoms with Crippen LogP contribution in [0.5, 0.6) is 0 Å². The van der Waals surface area contributed by atoms with E-state index in [4.69, 9.17) is 21.9 Å². The highest BCUT2D eigenvalue weighted by atomic mass is 32.2. The Balaban J connectivity index is 1.38. The van der Waals surface area contributed by atoms with Gasteiger partial charge >= 0.3 is 0 Å². The third kappa shape index (κ3) is 4.83. The van der Waals surface area contributed by atoms with Gasteiger partial charge in [0, 0.05) is 63.3 Å². The first-order valence-electron chi connectivity index (χ1n) is 13.2. The number of carbonyl (C=O) groups excluding carboxylic acids is 1. The molecule has 0 spiro atoms. The van der Waals surface area contributed by atoms with Crippen molar-refractivity contribution in [1.82, 2.24) is 18.9 Å². The standard InChI is InChI=1S/C28H29N5O4S2/c1-2-37-12-6-11-32-27(36)22(39-28(32)38)14-20-25(29-23-8-3-4-10-31(23)26(20)35)30-15-18-13-19(17-30)21-7-5-9-24(34)33(21)16-18/h3-5,7-10,14,18-19H,2,6,11-13,15-17H2,1H3/b22-14+/t18-,19-/m1/s1. The van der Waals surface area contributed by atoms with Crippen LogP contribution in [0.15, 0.2) is 57.1 Å². The molecule has 2 atom stereocenters. The number of anilines is 1. The SMILES string of the molecule is CCOCCCN1C(=O)/C(=C\c2c(N3C[C@H]4C[C@H](C3)c3cccc(=O)n3C4)nc3ccccn3c2=O)SC1=S. The molecule has 0 N–H and O–H groups in total. The molecule has 6 rings (SSSR count). The Bertz CT molecular complexity index is 1610. The third-order valence-corrected chi connectivity index (χ3v) is 8.93. The van der Waals surface area contributed by atoms with Crippen LogP contribution in [0.25, 0.3) is 11.7 Å². The zero-order valence-electron chi connectivity index (χ0n) is 21.6. The quantitative estimate of drug-likeness (QED) is 0.246. The highest BCUT2D eigenvalue weighted by Crippen LogP contribution is 2.38. The van der Waals surface area contributed by atoms with Crippen molar-refractivity contribution >= 4 is 51.7 Å². The van der Waals surface area contributed by atoms with Crippen LogP contribution in [0.4, 0.5) is 5.82 Å². The second-order valence-corrected chi connectivity index (χ2v) is 11.7. The van der Waals surface area contributed by atoms with Crippen LogP contribution in [-0.4, -0.2) is 61.9 Å². The summed E-state index contributed by atoms with van der Waals surface area (Å²) in [5.41, 5.74) is 1.74. The number of carbonyl (C=O) groups is 1. The minimum Gasteiger partial charge on any atom is -0.382 e. The van der Waals surface area contributed by atoms with E-state index in [1.807, 2.05) is 35.8 Å². The Hall–Kier alpha value is -3.28. The molecule has 2 fully saturated rings. The lowest BCUT2D eigenvalue weighted by Gasteiger charge is -2.43. The number of pyridine rings is 2. The molecule has 39 heavy (non-hydrogen) atoms. The first-order chi connectivity index (χ1) is 18.9. The van der Waals surface area contributed by atoms with Crippen molar-refractivity contribution in [3.8, 4) is 0 Å². The fourth-order valence-corrected chi connectivity index (χ4v) is 7.11. The number of thioether (sulfide) groups is 1. The lowest BCUT2D eigenvalue weighted by molar-refractivity contribution is -0.122. The number of hydrogen-bond acceptors (Lipinski definition) is 8. The van der Waals surface area contributed by atoms with Crippen LogP contribution in [0.3, 0.4) is 0 Å². The summed E-state index contributed by atoms with van der Waals surface area (Å²) < 4.78 is 9.28. The molecular formula is C28H29N5O4S2. The number of thiocarbonyl (C=S) groups is 1. The molecule has 3 aliphatic heterocycles. The van der Waals surface area contributed by atoms with Gasteiger partial charge in [0.25, 0.3) is 17.0 Å². The highest BCUT2D eigenvalue weighted by molar-refractivity contribution is 8.26. The molecule has 2 bridgehead atoms. The molecule has 6 heterocycles. The van der Waals surface area contributed by atoms with Gasteiger partial charge < -0.3 is 14.2 Å². The maximum Gasteiger partial charge on any atom is 0.267 e. The van der Waals surface area contributed by atoms with Crippen LogP contribution in [0, 0.1) is 5.92 Å². The average molecular weight is 564 g/mol. The fraction of sp³-hybridized carbons (Fsp3) is 0.393. The number of aromatic nitrogens is 3. The second kappa shape index (κ2) is 10.7. The van der Waals surface area contributed by atoms with Crippen LogP contribution >= 0.6 is 24.0 Å². The van der Waals surface area contributed by atoms with Gasteiger partial charge in [0.1, 0.15) is 15.8 Å². The number of amides is 1. The lowest BCUT2D eigenvalue weighted by Crippen LogP contribution is -2.48. The summed E-state index contributed by atoms with van der Waals surface area (Å²) in [5.74, 6) is 0.769. The van der Waals surface area contributed by atoms with Gasteiger partial charge in [-0.1, -0.05) is 36.1 Å². The second-order valence-electron chi connectivity index (χ2n) is 10.1. The normalized spacial score (nSPS) is 21.7. The largest absolute Gasteiger partial charge is 0.382 e. The molecule has 202 valence electrons. The van der Waals surface area contributed by atoms with Gasteiger partial charge in [0.2, 0.25) is 0 Å². The third-order valence-electron chi connectivity index (χ3n) is 7.55. The van der Waals surface area contributed by atoms with E-state index >= 15 is 0 Å². The summed E-state index contributed by atoms with van der Waals surface area (Å²) in [5, 5.41) is 0. The van der Waals surface area contributed by atoms with E-state index in [0.717, 1.165) is 12.1 Å². The Morgan fingerprint density at radius 2 is 2.00 bits per heavy atom. The molecular weight excluding hydrogens is 534 g/mol. The summed E-state index contributed by atoms with van der Waals surface area (Å²) in [6.07, 6.45) is 5.02. The Labute approximate surface area is 235 Å². The minimum atomic E-state index is -0.232. The van der Waals surface area contributed by atoms with Gasteiger partial charge in [-0.25, -0.2) is 4.98 Å². The fourth-order valence-electron chi connectivity index (χ4n) is 5.82. The number of fused-ring (bicyclic) bond motifs is 5. The number of ether oxygens (including phenoxy) is 1. The molecule has 9 nitrogen and oxygen atoms in total. The van der Waals surface area contributed by atoms with E-state index in [0.29, 0.717) is 72.1 Å². The smallest absolute Gasteiger partial charge is 0.267 e. The van der Waals surface area contributed by atoms with Gasteiger partial charge in [-0.15, -0.1) is 0 Å². The topological polar surface area (TPSA) is 89.2 Å². The minimum absolute atomic E-state index is 0.0293. The molecule has 3 aliphatic rings. The molecule has 3 aromatic rings. The number of hydrogen-bond donors (Lipinski definition) is 0. The van der Waals surface area contributed by atoms with E-state index in [1.165, 1.54) is 16.2 Å². The Kier molecular flexibility index (Phi) is 7.13. The molecule has 11 heteroatoms. The van der Waals surface area contributed by atoms with Crippen molar-refractivity contribution < 1.29 is 9.53 Å². The molecule has 0 aliphatic carbocycles. The zero-order chi connectivity index (χ0) is 27.1. The Morgan fingerprint density at radius 3 is 2.85 bits per heavy atom. The summed E-state index contributed by atoms with van der Waals surface area (Å²) in [6, 6.07) is 10.9.